The van der Waals surface area contributed by atoms with Crippen LogP contribution in [0.4, 0.5) is 6.01 Å². The molecule has 3 heterocycles. The number of nitrogens with zero attached hydrogens (tertiary/aromatic N) is 4. The molecule has 26 heavy (non-hydrogen) atoms. The summed E-state index contributed by atoms with van der Waals surface area (Å²) in [5.74, 6) is 5.44. The molecular weight excluding hydrogens is 352 g/mol. The first kappa shape index (κ1) is 16.4. The van der Waals surface area contributed by atoms with Gasteiger partial charge in [0.25, 0.3) is 11.9 Å². The van der Waals surface area contributed by atoms with Crippen molar-refractivity contribution in [1.29, 1.82) is 0 Å². The van der Waals surface area contributed by atoms with Crippen LogP contribution in [0, 0.1) is 11.8 Å². The molecule has 7 heteroatoms. The Labute approximate surface area is 155 Å². The molecule has 0 unspecified atom stereocenters. The Morgan fingerprint density at radius 1 is 1.04 bits per heavy atom. The van der Waals surface area contributed by atoms with Crippen molar-refractivity contribution in [2.45, 2.75) is 0 Å². The van der Waals surface area contributed by atoms with Crippen LogP contribution in [-0.4, -0.2) is 47.0 Å². The van der Waals surface area contributed by atoms with E-state index in [0.29, 0.717) is 48.6 Å². The Balaban J connectivity index is 1.40. The average Bonchev–Trinajstić information content (AvgIpc) is 3.10. The minimum atomic E-state index is -0.167. The van der Waals surface area contributed by atoms with Crippen molar-refractivity contribution < 1.29 is 9.21 Å². The number of amides is 1. The lowest BCUT2D eigenvalue weighted by Crippen LogP contribution is -2.48. The Morgan fingerprint density at radius 3 is 2.58 bits per heavy atom. The van der Waals surface area contributed by atoms with E-state index in [4.69, 9.17) is 16.0 Å². The van der Waals surface area contributed by atoms with E-state index in [0.717, 1.165) is 5.56 Å². The number of hydrogen-bond acceptors (Lipinski definition) is 5. The van der Waals surface area contributed by atoms with Crippen LogP contribution in [0.3, 0.4) is 0 Å². The molecule has 0 N–H and O–H groups in total. The summed E-state index contributed by atoms with van der Waals surface area (Å²) < 4.78 is 5.73. The van der Waals surface area contributed by atoms with E-state index in [1.807, 2.05) is 35.2 Å². The largest absolute Gasteiger partial charge is 0.422 e. The number of carbonyl (C=O) groups is 1. The summed E-state index contributed by atoms with van der Waals surface area (Å²) in [6, 6.07) is 13.4. The summed E-state index contributed by atoms with van der Waals surface area (Å²) in [5.41, 5.74) is 1.91. The third-order valence-electron chi connectivity index (χ3n) is 4.13. The van der Waals surface area contributed by atoms with Gasteiger partial charge >= 0.3 is 0 Å². The SMILES string of the molecule is O=C(C#Cc1ccccc1)N1CCN(c2nc3nc(Cl)ccc3o2)CC1. The summed E-state index contributed by atoms with van der Waals surface area (Å²) in [6.07, 6.45) is 0. The number of aromatic nitrogens is 2. The fourth-order valence-corrected chi connectivity index (χ4v) is 2.89. The molecule has 0 aliphatic carbocycles. The summed E-state index contributed by atoms with van der Waals surface area (Å²) >= 11 is 5.88. The number of fused-ring (bicyclic) bond motifs is 1. The van der Waals surface area contributed by atoms with Crippen molar-refractivity contribution in [3.8, 4) is 11.8 Å². The van der Waals surface area contributed by atoms with E-state index >= 15 is 0 Å². The van der Waals surface area contributed by atoms with Gasteiger partial charge in [-0.25, -0.2) is 4.98 Å². The Kier molecular flexibility index (Phi) is 4.46. The number of hydrogen-bond donors (Lipinski definition) is 0. The Hall–Kier alpha value is -3.04. The molecule has 1 saturated heterocycles. The van der Waals surface area contributed by atoms with Crippen LogP contribution in [0.2, 0.25) is 5.15 Å². The lowest BCUT2D eigenvalue weighted by atomic mass is 10.2. The highest BCUT2D eigenvalue weighted by molar-refractivity contribution is 6.29. The second-order valence-electron chi connectivity index (χ2n) is 5.85. The van der Waals surface area contributed by atoms with E-state index in [1.165, 1.54) is 0 Å². The normalized spacial score (nSPS) is 14.2. The first-order valence-corrected chi connectivity index (χ1v) is 8.61. The van der Waals surface area contributed by atoms with E-state index in [1.54, 1.807) is 17.0 Å². The Morgan fingerprint density at radius 2 is 1.81 bits per heavy atom. The van der Waals surface area contributed by atoms with Crippen LogP contribution >= 0.6 is 11.6 Å². The van der Waals surface area contributed by atoms with Crippen LogP contribution in [0.25, 0.3) is 11.2 Å². The van der Waals surface area contributed by atoms with Gasteiger partial charge in [-0.3, -0.25) is 4.79 Å². The summed E-state index contributed by atoms with van der Waals surface area (Å²) in [4.78, 5) is 24.5. The fraction of sp³-hybridized carbons (Fsp3) is 0.211. The molecule has 2 aromatic heterocycles. The van der Waals surface area contributed by atoms with Crippen LogP contribution < -0.4 is 4.90 Å². The highest BCUT2D eigenvalue weighted by Crippen LogP contribution is 2.23. The maximum atomic E-state index is 12.3. The van der Waals surface area contributed by atoms with Gasteiger partial charge in [0.05, 0.1) is 0 Å². The summed E-state index contributed by atoms with van der Waals surface area (Å²) in [7, 11) is 0. The molecule has 0 atom stereocenters. The molecule has 1 aliphatic rings. The second-order valence-corrected chi connectivity index (χ2v) is 6.23. The maximum Gasteiger partial charge on any atom is 0.300 e. The number of rotatable bonds is 1. The molecule has 0 radical (unpaired) electrons. The van der Waals surface area contributed by atoms with Crippen molar-refractivity contribution in [2.24, 2.45) is 0 Å². The molecule has 4 rings (SSSR count). The first-order valence-electron chi connectivity index (χ1n) is 8.23. The van der Waals surface area contributed by atoms with Crippen molar-refractivity contribution in [3.05, 3.63) is 53.2 Å². The lowest BCUT2D eigenvalue weighted by molar-refractivity contribution is -0.125. The van der Waals surface area contributed by atoms with E-state index < -0.39 is 0 Å². The molecule has 130 valence electrons. The van der Waals surface area contributed by atoms with Gasteiger partial charge in [0.2, 0.25) is 5.65 Å². The monoisotopic (exact) mass is 366 g/mol. The molecule has 0 bridgehead atoms. The van der Waals surface area contributed by atoms with Gasteiger partial charge < -0.3 is 14.2 Å². The zero-order chi connectivity index (χ0) is 17.9. The minimum Gasteiger partial charge on any atom is -0.422 e. The van der Waals surface area contributed by atoms with Gasteiger partial charge in [-0.1, -0.05) is 35.7 Å². The number of anilines is 1. The number of pyridine rings is 1. The molecule has 1 aliphatic heterocycles. The van der Waals surface area contributed by atoms with E-state index in [-0.39, 0.29) is 5.91 Å². The standard InChI is InChI=1S/C19H15ClN4O2/c20-16-8-7-15-18(21-16)22-19(26-15)24-12-10-23(11-13-24)17(25)9-6-14-4-2-1-3-5-14/h1-5,7-8H,10-13H2. The van der Waals surface area contributed by atoms with Gasteiger partial charge in [-0.05, 0) is 24.3 Å². The number of piperazine rings is 1. The molecule has 1 amide bonds. The van der Waals surface area contributed by atoms with Crippen LogP contribution in [0.1, 0.15) is 5.56 Å². The molecule has 3 aromatic rings. The zero-order valence-electron chi connectivity index (χ0n) is 13.9. The van der Waals surface area contributed by atoms with Gasteiger partial charge in [0, 0.05) is 37.7 Å². The third kappa shape index (κ3) is 3.48. The molecule has 1 fully saturated rings. The van der Waals surface area contributed by atoms with Crippen molar-refractivity contribution >= 4 is 34.8 Å². The smallest absolute Gasteiger partial charge is 0.300 e. The highest BCUT2D eigenvalue weighted by atomic mass is 35.5. The average molecular weight is 367 g/mol. The third-order valence-corrected chi connectivity index (χ3v) is 4.34. The Bertz CT molecular complexity index is 999. The fourth-order valence-electron chi connectivity index (χ4n) is 2.75. The van der Waals surface area contributed by atoms with Crippen molar-refractivity contribution in [1.82, 2.24) is 14.9 Å². The number of halogens is 1. The van der Waals surface area contributed by atoms with E-state index in [2.05, 4.69) is 21.8 Å². The van der Waals surface area contributed by atoms with Crippen molar-refractivity contribution in [3.63, 3.8) is 0 Å². The van der Waals surface area contributed by atoms with Crippen LogP contribution in [0.5, 0.6) is 0 Å². The zero-order valence-corrected chi connectivity index (χ0v) is 14.6. The first-order chi connectivity index (χ1) is 12.7. The van der Waals surface area contributed by atoms with E-state index in [9.17, 15) is 4.79 Å². The predicted octanol–water partition coefficient (Wildman–Crippen LogP) is 2.58. The van der Waals surface area contributed by atoms with Crippen LogP contribution in [0.15, 0.2) is 46.9 Å². The van der Waals surface area contributed by atoms with Gasteiger partial charge in [-0.2, -0.15) is 4.98 Å². The maximum absolute atomic E-state index is 12.3. The molecule has 6 nitrogen and oxygen atoms in total. The summed E-state index contributed by atoms with van der Waals surface area (Å²) in [6.45, 7) is 2.38. The lowest BCUT2D eigenvalue weighted by Gasteiger charge is -2.32. The summed E-state index contributed by atoms with van der Waals surface area (Å²) in [5, 5.41) is 0.379. The molecule has 0 saturated carbocycles. The molecule has 0 spiro atoms. The highest BCUT2D eigenvalue weighted by Gasteiger charge is 2.23. The van der Waals surface area contributed by atoms with Gasteiger partial charge in [0.1, 0.15) is 5.15 Å². The number of benzene rings is 1. The minimum absolute atomic E-state index is 0.167. The van der Waals surface area contributed by atoms with Crippen molar-refractivity contribution in [2.75, 3.05) is 31.1 Å². The number of carbonyl (C=O) groups excluding carboxylic acids is 1. The van der Waals surface area contributed by atoms with Gasteiger partial charge in [-0.15, -0.1) is 0 Å². The quantitative estimate of drug-likeness (QED) is 0.489. The van der Waals surface area contributed by atoms with Crippen LogP contribution in [-0.2, 0) is 4.79 Å². The predicted molar refractivity (Wildman–Crippen MR) is 98.9 cm³/mol. The second kappa shape index (κ2) is 7.06. The molecule has 1 aromatic carbocycles. The topological polar surface area (TPSA) is 62.5 Å². The molecular formula is C19H15ClN4O2. The number of oxazole rings is 1. The van der Waals surface area contributed by atoms with Gasteiger partial charge in [0.15, 0.2) is 5.58 Å².